The van der Waals surface area contributed by atoms with Crippen LogP contribution in [-0.4, -0.2) is 41.9 Å². The number of carbonyl (C=O) groups excluding carboxylic acids is 1. The molecule has 150 valence electrons. The predicted octanol–water partition coefficient (Wildman–Crippen LogP) is 3.57. The number of primary amides is 1. The molecule has 2 rings (SSSR count). The van der Waals surface area contributed by atoms with Crippen molar-refractivity contribution in [3.8, 4) is 0 Å². The molecule has 1 aliphatic rings. The Morgan fingerprint density at radius 2 is 2.00 bits per heavy atom. The van der Waals surface area contributed by atoms with Gasteiger partial charge in [0.05, 0.1) is 4.92 Å². The molecule has 1 saturated heterocycles. The van der Waals surface area contributed by atoms with Crippen molar-refractivity contribution < 1.29 is 9.72 Å². The van der Waals surface area contributed by atoms with E-state index in [0.717, 1.165) is 32.5 Å². The van der Waals surface area contributed by atoms with Crippen LogP contribution in [0.25, 0.3) is 0 Å². The Labute approximate surface area is 161 Å². The standard InChI is InChI=1S/C20H32N4O3/c1-15(2)7-8-16-17(20(21)25)9-10-18(24(26)27)19(16)22-11-6-14-23-12-4-3-5-13-23/h9-10,15,22H,3-8,11-14H2,1-2H3,(H2,21,25). The molecule has 0 saturated carbocycles. The molecule has 0 aliphatic carbocycles. The minimum Gasteiger partial charge on any atom is -0.379 e. The van der Waals surface area contributed by atoms with E-state index in [-0.39, 0.29) is 5.69 Å². The number of benzene rings is 1. The van der Waals surface area contributed by atoms with Crippen molar-refractivity contribution in [2.24, 2.45) is 11.7 Å². The second-order valence-electron chi connectivity index (χ2n) is 7.72. The average molecular weight is 377 g/mol. The number of nitrogens with zero attached hydrogens (tertiary/aromatic N) is 2. The highest BCUT2D eigenvalue weighted by Gasteiger charge is 2.23. The second kappa shape index (κ2) is 10.3. The van der Waals surface area contributed by atoms with E-state index < -0.39 is 10.8 Å². The van der Waals surface area contributed by atoms with E-state index in [1.54, 1.807) is 0 Å². The van der Waals surface area contributed by atoms with Crippen molar-refractivity contribution in [3.05, 3.63) is 33.4 Å². The highest BCUT2D eigenvalue weighted by Crippen LogP contribution is 2.32. The van der Waals surface area contributed by atoms with Crippen molar-refractivity contribution in [3.63, 3.8) is 0 Å². The fourth-order valence-electron chi connectivity index (χ4n) is 3.61. The Morgan fingerprint density at radius 3 is 2.59 bits per heavy atom. The minimum absolute atomic E-state index is 0.0109. The van der Waals surface area contributed by atoms with Gasteiger partial charge in [0.25, 0.3) is 5.69 Å². The monoisotopic (exact) mass is 376 g/mol. The van der Waals surface area contributed by atoms with Crippen molar-refractivity contribution >= 4 is 17.3 Å². The third kappa shape index (κ3) is 6.20. The summed E-state index contributed by atoms with van der Waals surface area (Å²) in [6.45, 7) is 8.07. The number of hydrogen-bond acceptors (Lipinski definition) is 5. The number of nitro benzene ring substituents is 1. The fourth-order valence-corrected chi connectivity index (χ4v) is 3.61. The fraction of sp³-hybridized carbons (Fsp3) is 0.650. The van der Waals surface area contributed by atoms with Crippen molar-refractivity contribution in [1.82, 2.24) is 4.90 Å². The molecule has 7 heteroatoms. The van der Waals surface area contributed by atoms with E-state index in [1.165, 1.54) is 31.4 Å². The van der Waals surface area contributed by atoms with E-state index >= 15 is 0 Å². The lowest BCUT2D eigenvalue weighted by Crippen LogP contribution is -2.31. The molecule has 1 amide bonds. The number of anilines is 1. The molecule has 1 heterocycles. The van der Waals surface area contributed by atoms with Crippen LogP contribution in [0.2, 0.25) is 0 Å². The van der Waals surface area contributed by atoms with Gasteiger partial charge in [-0.1, -0.05) is 20.3 Å². The zero-order valence-corrected chi connectivity index (χ0v) is 16.5. The molecular formula is C20H32N4O3. The summed E-state index contributed by atoms with van der Waals surface area (Å²) in [5.74, 6) is -0.114. The molecule has 0 atom stereocenters. The first kappa shape index (κ1) is 21.2. The van der Waals surface area contributed by atoms with Crippen LogP contribution in [0.15, 0.2) is 12.1 Å². The number of amides is 1. The van der Waals surface area contributed by atoms with Gasteiger partial charge < -0.3 is 16.0 Å². The lowest BCUT2D eigenvalue weighted by atomic mass is 9.95. The highest BCUT2D eigenvalue weighted by atomic mass is 16.6. The summed E-state index contributed by atoms with van der Waals surface area (Å²) in [5.41, 5.74) is 7.03. The van der Waals surface area contributed by atoms with Crippen molar-refractivity contribution in [2.45, 2.75) is 52.4 Å². The molecule has 3 N–H and O–H groups in total. The van der Waals surface area contributed by atoms with Crippen LogP contribution in [-0.2, 0) is 6.42 Å². The number of carbonyl (C=O) groups is 1. The number of hydrogen-bond donors (Lipinski definition) is 2. The third-order valence-corrected chi connectivity index (χ3v) is 5.13. The quantitative estimate of drug-likeness (QED) is 0.369. The van der Waals surface area contributed by atoms with Gasteiger partial charge in [0.1, 0.15) is 5.69 Å². The van der Waals surface area contributed by atoms with Gasteiger partial charge in [0.15, 0.2) is 0 Å². The topological polar surface area (TPSA) is 102 Å². The Hall–Kier alpha value is -2.15. The number of nitrogens with two attached hydrogens (primary N) is 1. The van der Waals surface area contributed by atoms with Gasteiger partial charge in [0, 0.05) is 18.2 Å². The van der Waals surface area contributed by atoms with E-state index in [9.17, 15) is 14.9 Å². The van der Waals surface area contributed by atoms with E-state index in [2.05, 4.69) is 24.1 Å². The second-order valence-corrected chi connectivity index (χ2v) is 7.72. The molecule has 0 aromatic heterocycles. The summed E-state index contributed by atoms with van der Waals surface area (Å²) in [4.78, 5) is 25.4. The SMILES string of the molecule is CC(C)CCc1c(C(N)=O)ccc([N+](=O)[O-])c1NCCCN1CCCCC1. The number of nitrogens with one attached hydrogen (secondary N) is 1. The maximum Gasteiger partial charge on any atom is 0.292 e. The smallest absolute Gasteiger partial charge is 0.292 e. The molecule has 1 fully saturated rings. The normalized spacial score (nSPS) is 15.1. The third-order valence-electron chi connectivity index (χ3n) is 5.13. The lowest BCUT2D eigenvalue weighted by Gasteiger charge is -2.26. The van der Waals surface area contributed by atoms with Gasteiger partial charge in [-0.3, -0.25) is 14.9 Å². The van der Waals surface area contributed by atoms with Crippen LogP contribution in [0, 0.1) is 16.0 Å². The van der Waals surface area contributed by atoms with Gasteiger partial charge in [-0.15, -0.1) is 0 Å². The van der Waals surface area contributed by atoms with Crippen LogP contribution >= 0.6 is 0 Å². The van der Waals surface area contributed by atoms with Gasteiger partial charge in [-0.2, -0.15) is 0 Å². The Balaban J connectivity index is 2.15. The first-order chi connectivity index (χ1) is 12.9. The average Bonchev–Trinajstić information content (AvgIpc) is 2.63. The van der Waals surface area contributed by atoms with E-state index in [1.807, 2.05) is 0 Å². The summed E-state index contributed by atoms with van der Waals surface area (Å²) in [6.07, 6.45) is 6.13. The maximum atomic E-state index is 11.9. The van der Waals surface area contributed by atoms with Crippen LogP contribution in [0.4, 0.5) is 11.4 Å². The number of likely N-dealkylation sites (tertiary alicyclic amines) is 1. The molecule has 0 bridgehead atoms. The maximum absolute atomic E-state index is 11.9. The Bertz CT molecular complexity index is 655. The van der Waals surface area contributed by atoms with Crippen LogP contribution in [0.1, 0.15) is 61.9 Å². The molecule has 1 aromatic rings. The summed E-state index contributed by atoms with van der Waals surface area (Å²) in [7, 11) is 0. The van der Waals surface area contributed by atoms with Crippen LogP contribution < -0.4 is 11.1 Å². The molecule has 1 aliphatic heterocycles. The first-order valence-corrected chi connectivity index (χ1v) is 9.96. The molecule has 27 heavy (non-hydrogen) atoms. The number of rotatable bonds is 10. The summed E-state index contributed by atoms with van der Waals surface area (Å²) in [5, 5.41) is 14.8. The van der Waals surface area contributed by atoms with E-state index in [4.69, 9.17) is 5.73 Å². The van der Waals surface area contributed by atoms with Crippen molar-refractivity contribution in [2.75, 3.05) is 31.5 Å². The summed E-state index contributed by atoms with van der Waals surface area (Å²) < 4.78 is 0. The molecule has 7 nitrogen and oxygen atoms in total. The van der Waals surface area contributed by atoms with Crippen LogP contribution in [0.5, 0.6) is 0 Å². The lowest BCUT2D eigenvalue weighted by molar-refractivity contribution is -0.384. The zero-order chi connectivity index (χ0) is 19.8. The first-order valence-electron chi connectivity index (χ1n) is 9.96. The Kier molecular flexibility index (Phi) is 8.03. The van der Waals surface area contributed by atoms with Gasteiger partial charge in [0.2, 0.25) is 5.91 Å². The zero-order valence-electron chi connectivity index (χ0n) is 16.5. The minimum atomic E-state index is -0.542. The molecule has 0 unspecified atom stereocenters. The highest BCUT2D eigenvalue weighted by molar-refractivity contribution is 5.97. The predicted molar refractivity (Wildman–Crippen MR) is 108 cm³/mol. The molecule has 1 aromatic carbocycles. The molecular weight excluding hydrogens is 344 g/mol. The van der Waals surface area contributed by atoms with Gasteiger partial charge in [-0.05, 0) is 69.3 Å². The molecule has 0 spiro atoms. The van der Waals surface area contributed by atoms with Crippen molar-refractivity contribution in [1.29, 1.82) is 0 Å². The van der Waals surface area contributed by atoms with E-state index in [0.29, 0.717) is 35.7 Å². The Morgan fingerprint density at radius 1 is 1.30 bits per heavy atom. The van der Waals surface area contributed by atoms with Gasteiger partial charge in [-0.25, -0.2) is 0 Å². The van der Waals surface area contributed by atoms with Gasteiger partial charge >= 0.3 is 0 Å². The summed E-state index contributed by atoms with van der Waals surface area (Å²) >= 11 is 0. The summed E-state index contributed by atoms with van der Waals surface area (Å²) in [6, 6.07) is 2.86. The largest absolute Gasteiger partial charge is 0.379 e. The number of piperidine rings is 1. The molecule has 0 radical (unpaired) electrons. The number of nitro groups is 1. The van der Waals surface area contributed by atoms with Crippen LogP contribution in [0.3, 0.4) is 0 Å².